The molecular formula is C15H30N2O. The van der Waals surface area contributed by atoms with Crippen LogP contribution in [0.15, 0.2) is 0 Å². The van der Waals surface area contributed by atoms with E-state index >= 15 is 0 Å². The van der Waals surface area contributed by atoms with Crippen LogP contribution in [0.2, 0.25) is 0 Å². The standard InChI is InChI=1S/C15H30N2O/c1-4-11(2)17(7-8-18-3)10-14-12-5-6-13(9-12)15(14)16/h11-15H,4-10,16H2,1-3H3. The van der Waals surface area contributed by atoms with Crippen molar-refractivity contribution in [1.82, 2.24) is 4.90 Å². The molecule has 0 amide bonds. The summed E-state index contributed by atoms with van der Waals surface area (Å²) in [6.07, 6.45) is 5.40. The number of fused-ring (bicyclic) bond motifs is 2. The Labute approximate surface area is 112 Å². The molecule has 0 spiro atoms. The summed E-state index contributed by atoms with van der Waals surface area (Å²) in [5, 5.41) is 0. The van der Waals surface area contributed by atoms with Gasteiger partial charge in [-0.2, -0.15) is 0 Å². The van der Waals surface area contributed by atoms with Crippen molar-refractivity contribution in [2.75, 3.05) is 26.8 Å². The molecule has 0 aliphatic heterocycles. The Balaban J connectivity index is 1.91. The van der Waals surface area contributed by atoms with Crippen molar-refractivity contribution in [2.45, 2.75) is 51.6 Å². The van der Waals surface area contributed by atoms with Crippen molar-refractivity contribution in [3.05, 3.63) is 0 Å². The summed E-state index contributed by atoms with van der Waals surface area (Å²) in [6, 6.07) is 1.10. The fourth-order valence-corrected chi connectivity index (χ4v) is 3.95. The highest BCUT2D eigenvalue weighted by Crippen LogP contribution is 2.47. The van der Waals surface area contributed by atoms with E-state index in [0.717, 1.165) is 30.9 Å². The number of hydrogen-bond acceptors (Lipinski definition) is 3. The second-order valence-electron chi connectivity index (χ2n) is 6.32. The first-order chi connectivity index (χ1) is 8.67. The summed E-state index contributed by atoms with van der Waals surface area (Å²) in [5.41, 5.74) is 6.42. The van der Waals surface area contributed by atoms with Crippen molar-refractivity contribution in [3.8, 4) is 0 Å². The first-order valence-corrected chi connectivity index (χ1v) is 7.65. The molecule has 2 saturated carbocycles. The molecule has 3 heteroatoms. The average Bonchev–Trinajstić information content (AvgIpc) is 2.96. The van der Waals surface area contributed by atoms with Crippen molar-refractivity contribution >= 4 is 0 Å². The van der Waals surface area contributed by atoms with E-state index in [1.807, 2.05) is 0 Å². The number of nitrogens with zero attached hydrogens (tertiary/aromatic N) is 1. The molecule has 2 rings (SSSR count). The van der Waals surface area contributed by atoms with E-state index in [4.69, 9.17) is 10.5 Å². The summed E-state index contributed by atoms with van der Waals surface area (Å²) in [7, 11) is 1.79. The van der Waals surface area contributed by atoms with Crippen LogP contribution < -0.4 is 5.73 Å². The molecule has 106 valence electrons. The zero-order valence-corrected chi connectivity index (χ0v) is 12.3. The van der Waals surface area contributed by atoms with E-state index in [0.29, 0.717) is 12.1 Å². The maximum absolute atomic E-state index is 6.42. The highest BCUT2D eigenvalue weighted by molar-refractivity contribution is 5.00. The summed E-state index contributed by atoms with van der Waals surface area (Å²) < 4.78 is 5.25. The monoisotopic (exact) mass is 254 g/mol. The van der Waals surface area contributed by atoms with Crippen LogP contribution in [0.5, 0.6) is 0 Å². The zero-order valence-electron chi connectivity index (χ0n) is 12.3. The Hall–Kier alpha value is -0.120. The molecule has 2 bridgehead atoms. The second kappa shape index (κ2) is 6.36. The van der Waals surface area contributed by atoms with Crippen molar-refractivity contribution in [3.63, 3.8) is 0 Å². The SMILES string of the molecule is CCC(C)N(CCOC)CC1C2CCC(C2)C1N. The van der Waals surface area contributed by atoms with E-state index in [2.05, 4.69) is 18.7 Å². The Bertz CT molecular complexity index is 257. The topological polar surface area (TPSA) is 38.5 Å². The third kappa shape index (κ3) is 2.89. The van der Waals surface area contributed by atoms with Gasteiger partial charge in [0.05, 0.1) is 6.61 Å². The van der Waals surface area contributed by atoms with Gasteiger partial charge in [0.1, 0.15) is 0 Å². The van der Waals surface area contributed by atoms with Crippen LogP contribution in [0.25, 0.3) is 0 Å². The Kier molecular flexibility index (Phi) is 5.05. The lowest BCUT2D eigenvalue weighted by molar-refractivity contribution is 0.0932. The normalized spacial score (nSPS) is 36.5. The molecule has 0 radical (unpaired) electrons. The van der Waals surface area contributed by atoms with Gasteiger partial charge in [-0.1, -0.05) is 6.92 Å². The third-order valence-electron chi connectivity index (χ3n) is 5.40. The molecule has 2 fully saturated rings. The molecular weight excluding hydrogens is 224 g/mol. The fraction of sp³-hybridized carbons (Fsp3) is 1.00. The zero-order chi connectivity index (χ0) is 13.1. The minimum absolute atomic E-state index is 0.456. The Morgan fingerprint density at radius 1 is 1.33 bits per heavy atom. The van der Waals surface area contributed by atoms with Gasteiger partial charge in [-0.25, -0.2) is 0 Å². The van der Waals surface area contributed by atoms with Crippen LogP contribution in [0.3, 0.4) is 0 Å². The predicted octanol–water partition coefficient (Wildman–Crippen LogP) is 2.11. The van der Waals surface area contributed by atoms with Gasteiger partial charge in [0.2, 0.25) is 0 Å². The largest absolute Gasteiger partial charge is 0.383 e. The van der Waals surface area contributed by atoms with Gasteiger partial charge in [0, 0.05) is 32.3 Å². The van der Waals surface area contributed by atoms with Crippen LogP contribution in [-0.4, -0.2) is 43.8 Å². The van der Waals surface area contributed by atoms with Gasteiger partial charge in [0.15, 0.2) is 0 Å². The van der Waals surface area contributed by atoms with E-state index in [1.165, 1.54) is 32.2 Å². The van der Waals surface area contributed by atoms with Crippen LogP contribution in [-0.2, 0) is 4.74 Å². The summed E-state index contributed by atoms with van der Waals surface area (Å²) in [4.78, 5) is 2.59. The van der Waals surface area contributed by atoms with Gasteiger partial charge in [-0.05, 0) is 50.4 Å². The average molecular weight is 254 g/mol. The van der Waals surface area contributed by atoms with Crippen molar-refractivity contribution in [2.24, 2.45) is 23.5 Å². The molecule has 0 saturated heterocycles. The first kappa shape index (κ1) is 14.3. The van der Waals surface area contributed by atoms with Crippen LogP contribution >= 0.6 is 0 Å². The van der Waals surface area contributed by atoms with Gasteiger partial charge in [0.25, 0.3) is 0 Å². The van der Waals surface area contributed by atoms with Gasteiger partial charge in [-0.3, -0.25) is 4.90 Å². The van der Waals surface area contributed by atoms with Crippen LogP contribution in [0.4, 0.5) is 0 Å². The van der Waals surface area contributed by atoms with Gasteiger partial charge >= 0.3 is 0 Å². The molecule has 18 heavy (non-hydrogen) atoms. The highest BCUT2D eigenvalue weighted by Gasteiger charge is 2.46. The third-order valence-corrected chi connectivity index (χ3v) is 5.40. The fourth-order valence-electron chi connectivity index (χ4n) is 3.95. The van der Waals surface area contributed by atoms with Crippen molar-refractivity contribution in [1.29, 1.82) is 0 Å². The predicted molar refractivity (Wildman–Crippen MR) is 75.5 cm³/mol. The van der Waals surface area contributed by atoms with E-state index in [1.54, 1.807) is 7.11 Å². The Morgan fingerprint density at radius 2 is 2.06 bits per heavy atom. The van der Waals surface area contributed by atoms with E-state index in [9.17, 15) is 0 Å². The quantitative estimate of drug-likeness (QED) is 0.756. The van der Waals surface area contributed by atoms with Gasteiger partial charge < -0.3 is 10.5 Å². The summed E-state index contributed by atoms with van der Waals surface area (Å²) >= 11 is 0. The number of methoxy groups -OCH3 is 1. The molecule has 3 nitrogen and oxygen atoms in total. The van der Waals surface area contributed by atoms with Crippen molar-refractivity contribution < 1.29 is 4.74 Å². The number of hydrogen-bond donors (Lipinski definition) is 1. The summed E-state index contributed by atoms with van der Waals surface area (Å²) in [6.45, 7) is 7.66. The highest BCUT2D eigenvalue weighted by atomic mass is 16.5. The maximum Gasteiger partial charge on any atom is 0.0589 e. The van der Waals surface area contributed by atoms with Crippen LogP contribution in [0, 0.1) is 17.8 Å². The minimum Gasteiger partial charge on any atom is -0.383 e. The minimum atomic E-state index is 0.456. The summed E-state index contributed by atoms with van der Waals surface area (Å²) in [5.74, 6) is 2.45. The molecule has 0 heterocycles. The lowest BCUT2D eigenvalue weighted by Crippen LogP contribution is -2.46. The molecule has 5 atom stereocenters. The molecule has 2 aliphatic rings. The molecule has 2 aliphatic carbocycles. The Morgan fingerprint density at radius 3 is 2.61 bits per heavy atom. The lowest BCUT2D eigenvalue weighted by atomic mass is 9.84. The number of ether oxygens (including phenoxy) is 1. The van der Waals surface area contributed by atoms with E-state index in [-0.39, 0.29) is 0 Å². The molecule has 2 N–H and O–H groups in total. The molecule has 0 aromatic carbocycles. The second-order valence-corrected chi connectivity index (χ2v) is 6.32. The van der Waals surface area contributed by atoms with E-state index < -0.39 is 0 Å². The van der Waals surface area contributed by atoms with Crippen LogP contribution in [0.1, 0.15) is 39.5 Å². The number of rotatable bonds is 7. The first-order valence-electron chi connectivity index (χ1n) is 7.65. The lowest BCUT2D eigenvalue weighted by Gasteiger charge is -2.36. The molecule has 0 aromatic rings. The number of nitrogens with two attached hydrogens (primary N) is 1. The maximum atomic E-state index is 6.42. The smallest absolute Gasteiger partial charge is 0.0589 e. The molecule has 5 unspecified atom stereocenters. The van der Waals surface area contributed by atoms with Gasteiger partial charge in [-0.15, -0.1) is 0 Å². The molecule has 0 aromatic heterocycles.